The maximum Gasteiger partial charge on any atom is 0.202 e. The van der Waals surface area contributed by atoms with Gasteiger partial charge in [-0.2, -0.15) is 0 Å². The minimum atomic E-state index is -1.55. The number of hydrogen-bond acceptors (Lipinski definition) is 10. The fraction of sp³-hybridized carbons (Fsp3) is 0.320. The summed E-state index contributed by atoms with van der Waals surface area (Å²) in [5, 5.41) is 50.3. The van der Waals surface area contributed by atoms with Gasteiger partial charge in [0.1, 0.15) is 34.7 Å². The maximum atomic E-state index is 12.8. The van der Waals surface area contributed by atoms with E-state index >= 15 is 0 Å². The van der Waals surface area contributed by atoms with Gasteiger partial charge in [0.2, 0.25) is 5.78 Å². The molecule has 0 amide bonds. The van der Waals surface area contributed by atoms with Gasteiger partial charge in [-0.15, -0.1) is 0 Å². The van der Waals surface area contributed by atoms with E-state index in [4.69, 9.17) is 18.9 Å². The number of fused-ring (bicyclic) bond motifs is 1. The monoisotopic (exact) mass is 484 g/mol. The van der Waals surface area contributed by atoms with E-state index < -0.39 is 41.9 Å². The Bertz CT molecular complexity index is 1230. The van der Waals surface area contributed by atoms with Crippen molar-refractivity contribution in [1.29, 1.82) is 0 Å². The molecule has 10 heteroatoms. The van der Waals surface area contributed by atoms with Crippen LogP contribution in [0.15, 0.2) is 54.0 Å². The number of carbonyl (C=O) groups is 1. The lowest BCUT2D eigenvalue weighted by Crippen LogP contribution is -2.47. The predicted molar refractivity (Wildman–Crippen MR) is 119 cm³/mol. The summed E-state index contributed by atoms with van der Waals surface area (Å²) in [6.07, 6.45) is -0.431. The summed E-state index contributed by atoms with van der Waals surface area (Å²) in [6.45, 7) is -0.329. The highest BCUT2D eigenvalue weighted by molar-refractivity contribution is 6.05. The van der Waals surface area contributed by atoms with Crippen molar-refractivity contribution in [3.8, 4) is 28.7 Å². The number of phenols is 3. The van der Waals surface area contributed by atoms with Gasteiger partial charge in [-0.05, 0) is 18.2 Å². The number of methoxy groups -OCH3 is 1. The molecular weight excluding hydrogens is 460 g/mol. The fourth-order valence-electron chi connectivity index (χ4n) is 4.62. The zero-order chi connectivity index (χ0) is 24.9. The maximum absolute atomic E-state index is 12.8. The number of aliphatic hydroxyl groups is 2. The molecule has 2 aromatic rings. The molecule has 5 atom stereocenters. The van der Waals surface area contributed by atoms with E-state index in [0.717, 1.165) is 6.07 Å². The van der Waals surface area contributed by atoms with Gasteiger partial charge in [-0.25, -0.2) is 0 Å². The zero-order valence-electron chi connectivity index (χ0n) is 18.6. The van der Waals surface area contributed by atoms with Gasteiger partial charge < -0.3 is 44.5 Å². The number of carbonyl (C=O) groups excluding carboxylic acids is 1. The lowest BCUT2D eigenvalue weighted by molar-refractivity contribution is -0.0896. The standard InChI is InChI=1S/C25H24O10/c1-32-17-6-11(2-4-14(17)28)24-20(10-26)33-16-5-3-12(7-18(16)34-24)25-23(31)22(30)21-15(29)8-13(27)9-19(21)35-25/h2-6,8-9,12,20,23-29,31H,7,10H2,1H3. The van der Waals surface area contributed by atoms with Crippen LogP contribution in [0.3, 0.4) is 0 Å². The van der Waals surface area contributed by atoms with Gasteiger partial charge in [-0.1, -0.05) is 12.1 Å². The largest absolute Gasteiger partial charge is 0.508 e. The topological polar surface area (TPSA) is 155 Å². The minimum absolute atomic E-state index is 0.0220. The van der Waals surface area contributed by atoms with Crippen LogP contribution in [-0.4, -0.2) is 63.3 Å². The Balaban J connectivity index is 1.41. The molecule has 35 heavy (non-hydrogen) atoms. The lowest BCUT2D eigenvalue weighted by Gasteiger charge is -2.39. The van der Waals surface area contributed by atoms with Crippen LogP contribution in [0, 0.1) is 5.92 Å². The first-order valence-electron chi connectivity index (χ1n) is 11.0. The SMILES string of the molecule is COc1cc(C2OC3=C(C=CC(C4Oc5cc(O)cc(O)c5C(=O)C4O)C3)OC2CO)ccc1O. The lowest BCUT2D eigenvalue weighted by atomic mass is 9.84. The summed E-state index contributed by atoms with van der Waals surface area (Å²) >= 11 is 0. The molecule has 5 rings (SSSR count). The molecule has 2 heterocycles. The van der Waals surface area contributed by atoms with Crippen molar-refractivity contribution < 1.29 is 49.3 Å². The molecule has 184 valence electrons. The molecule has 0 radical (unpaired) electrons. The first kappa shape index (κ1) is 22.9. The molecule has 5 N–H and O–H groups in total. The van der Waals surface area contributed by atoms with Crippen molar-refractivity contribution in [2.45, 2.75) is 30.8 Å². The summed E-state index contributed by atoms with van der Waals surface area (Å²) in [4.78, 5) is 12.8. The number of aliphatic hydroxyl groups excluding tert-OH is 2. The predicted octanol–water partition coefficient (Wildman–Crippen LogP) is 2.05. The van der Waals surface area contributed by atoms with Gasteiger partial charge in [0.05, 0.1) is 13.7 Å². The second-order valence-electron chi connectivity index (χ2n) is 8.55. The van der Waals surface area contributed by atoms with E-state index in [1.54, 1.807) is 24.3 Å². The highest BCUT2D eigenvalue weighted by atomic mass is 16.6. The Hall–Kier alpha value is -3.89. The molecule has 5 unspecified atom stereocenters. The summed E-state index contributed by atoms with van der Waals surface area (Å²) in [5.74, 6) is -0.942. The Morgan fingerprint density at radius 2 is 1.86 bits per heavy atom. The van der Waals surface area contributed by atoms with E-state index in [0.29, 0.717) is 17.1 Å². The Labute approximate surface area is 199 Å². The van der Waals surface area contributed by atoms with Gasteiger partial charge in [0.15, 0.2) is 35.6 Å². The second-order valence-corrected chi connectivity index (χ2v) is 8.55. The van der Waals surface area contributed by atoms with Crippen molar-refractivity contribution in [1.82, 2.24) is 0 Å². The summed E-state index contributed by atoms with van der Waals surface area (Å²) in [7, 11) is 1.42. The zero-order valence-corrected chi connectivity index (χ0v) is 18.6. The highest BCUT2D eigenvalue weighted by Crippen LogP contribution is 2.44. The average molecular weight is 484 g/mol. The first-order chi connectivity index (χ1) is 16.8. The molecule has 0 saturated heterocycles. The summed E-state index contributed by atoms with van der Waals surface area (Å²) in [6, 6.07) is 6.91. The van der Waals surface area contributed by atoms with Crippen molar-refractivity contribution >= 4 is 5.78 Å². The summed E-state index contributed by atoms with van der Waals surface area (Å²) < 4.78 is 23.2. The van der Waals surface area contributed by atoms with E-state index in [2.05, 4.69) is 0 Å². The minimum Gasteiger partial charge on any atom is -0.508 e. The first-order valence-corrected chi connectivity index (χ1v) is 11.0. The number of ketones is 1. The molecule has 2 aliphatic heterocycles. The van der Waals surface area contributed by atoms with Crippen LogP contribution in [0.25, 0.3) is 0 Å². The van der Waals surface area contributed by atoms with E-state index in [1.807, 2.05) is 0 Å². The second kappa shape index (κ2) is 8.71. The van der Waals surface area contributed by atoms with Crippen LogP contribution in [0.2, 0.25) is 0 Å². The number of Topliss-reactive ketones (excluding diaryl/α,β-unsaturated/α-hetero) is 1. The molecule has 0 bridgehead atoms. The number of aromatic hydroxyl groups is 3. The van der Waals surface area contributed by atoms with Gasteiger partial charge >= 0.3 is 0 Å². The number of ether oxygens (including phenoxy) is 4. The molecule has 0 spiro atoms. The molecule has 1 aliphatic carbocycles. The average Bonchev–Trinajstić information content (AvgIpc) is 2.85. The third kappa shape index (κ3) is 3.90. The van der Waals surface area contributed by atoms with Crippen LogP contribution >= 0.6 is 0 Å². The Kier molecular flexibility index (Phi) is 5.70. The molecule has 0 saturated carbocycles. The van der Waals surface area contributed by atoms with E-state index in [9.17, 15) is 30.3 Å². The molecule has 2 aromatic carbocycles. The molecule has 3 aliphatic rings. The third-order valence-electron chi connectivity index (χ3n) is 6.37. The quantitative estimate of drug-likeness (QED) is 0.435. The molecule has 0 aromatic heterocycles. The number of benzene rings is 2. The van der Waals surface area contributed by atoms with Crippen LogP contribution < -0.4 is 9.47 Å². The summed E-state index contributed by atoms with van der Waals surface area (Å²) in [5.41, 5.74) is 0.427. The third-order valence-corrected chi connectivity index (χ3v) is 6.37. The number of allylic oxidation sites excluding steroid dienone is 2. The van der Waals surface area contributed by atoms with Gasteiger partial charge in [0, 0.05) is 30.0 Å². The highest BCUT2D eigenvalue weighted by Gasteiger charge is 2.44. The van der Waals surface area contributed by atoms with Crippen molar-refractivity contribution in [3.63, 3.8) is 0 Å². The van der Waals surface area contributed by atoms with Crippen LogP contribution in [0.1, 0.15) is 28.4 Å². The van der Waals surface area contributed by atoms with Crippen molar-refractivity contribution in [3.05, 3.63) is 65.1 Å². The fourth-order valence-corrected chi connectivity index (χ4v) is 4.62. The number of hydrogen-bond donors (Lipinski definition) is 5. The van der Waals surface area contributed by atoms with Gasteiger partial charge in [0.25, 0.3) is 0 Å². The normalized spacial score (nSPS) is 27.3. The van der Waals surface area contributed by atoms with Crippen molar-refractivity contribution in [2.75, 3.05) is 13.7 Å². The Morgan fingerprint density at radius 1 is 1.06 bits per heavy atom. The molecular formula is C25H24O10. The van der Waals surface area contributed by atoms with Crippen molar-refractivity contribution in [2.24, 2.45) is 5.92 Å². The Morgan fingerprint density at radius 3 is 2.60 bits per heavy atom. The van der Waals surface area contributed by atoms with Crippen LogP contribution in [-0.2, 0) is 9.47 Å². The van der Waals surface area contributed by atoms with Crippen LogP contribution in [0.5, 0.6) is 28.7 Å². The molecule has 10 nitrogen and oxygen atoms in total. The smallest absolute Gasteiger partial charge is 0.202 e. The van der Waals surface area contributed by atoms with Gasteiger partial charge in [-0.3, -0.25) is 4.79 Å². The number of phenolic OH excluding ortho intramolecular Hbond substituents is 3. The molecule has 0 fully saturated rings. The van der Waals surface area contributed by atoms with E-state index in [1.165, 1.54) is 19.2 Å². The van der Waals surface area contributed by atoms with Crippen LogP contribution in [0.4, 0.5) is 0 Å². The van der Waals surface area contributed by atoms with E-state index in [-0.39, 0.29) is 41.6 Å². The number of rotatable bonds is 4.